The maximum absolute atomic E-state index is 4.66. The van der Waals surface area contributed by atoms with Crippen molar-refractivity contribution in [2.75, 3.05) is 6.54 Å². The highest BCUT2D eigenvalue weighted by Gasteiger charge is 2.22. The predicted octanol–water partition coefficient (Wildman–Crippen LogP) is 1.67. The number of aromatic nitrogens is 5. The molecule has 1 fully saturated rings. The van der Waals surface area contributed by atoms with Gasteiger partial charge in [0.15, 0.2) is 5.82 Å². The lowest BCUT2D eigenvalue weighted by Gasteiger charge is -2.03. The fourth-order valence-corrected chi connectivity index (χ4v) is 3.30. The van der Waals surface area contributed by atoms with Gasteiger partial charge in [-0.2, -0.15) is 9.61 Å². The third-order valence-corrected chi connectivity index (χ3v) is 4.32. The number of nitrogens with zero attached hydrogens (tertiary/aromatic N) is 5. The zero-order valence-electron chi connectivity index (χ0n) is 10.2. The average molecular weight is 272 g/mol. The Morgan fingerprint density at radius 2 is 2.16 bits per heavy atom. The van der Waals surface area contributed by atoms with Crippen LogP contribution in [0.4, 0.5) is 0 Å². The number of fused-ring (bicyclic) bond motifs is 1. The van der Waals surface area contributed by atoms with Crippen LogP contribution in [0.2, 0.25) is 0 Å². The van der Waals surface area contributed by atoms with Crippen molar-refractivity contribution in [3.63, 3.8) is 0 Å². The SMILES string of the molecule is c1cc(-c2nnc3sc(C4CCCN4)nn23)ccn1. The van der Waals surface area contributed by atoms with E-state index in [4.69, 9.17) is 0 Å². The molecule has 0 radical (unpaired) electrons. The van der Waals surface area contributed by atoms with E-state index in [2.05, 4.69) is 25.6 Å². The van der Waals surface area contributed by atoms with Crippen LogP contribution in [-0.2, 0) is 0 Å². The molecule has 1 unspecified atom stereocenters. The molecule has 0 aliphatic carbocycles. The third kappa shape index (κ3) is 1.82. The fraction of sp³-hybridized carbons (Fsp3) is 0.333. The molecule has 4 rings (SSSR count). The molecule has 3 aromatic rings. The summed E-state index contributed by atoms with van der Waals surface area (Å²) >= 11 is 1.61. The Balaban J connectivity index is 1.80. The molecule has 0 aromatic carbocycles. The lowest BCUT2D eigenvalue weighted by Crippen LogP contribution is -2.12. The minimum atomic E-state index is 0.372. The van der Waals surface area contributed by atoms with Gasteiger partial charge in [-0.25, -0.2) is 0 Å². The quantitative estimate of drug-likeness (QED) is 0.768. The number of rotatable bonds is 2. The summed E-state index contributed by atoms with van der Waals surface area (Å²) in [5, 5.41) is 17.6. The van der Waals surface area contributed by atoms with Crippen LogP contribution in [0.5, 0.6) is 0 Å². The number of hydrogen-bond acceptors (Lipinski definition) is 6. The van der Waals surface area contributed by atoms with Crippen LogP contribution in [0.1, 0.15) is 23.9 Å². The number of nitrogens with one attached hydrogen (secondary N) is 1. The van der Waals surface area contributed by atoms with Gasteiger partial charge in [-0.15, -0.1) is 10.2 Å². The van der Waals surface area contributed by atoms with E-state index >= 15 is 0 Å². The van der Waals surface area contributed by atoms with Crippen molar-refractivity contribution in [3.8, 4) is 11.4 Å². The summed E-state index contributed by atoms with van der Waals surface area (Å²) in [5.41, 5.74) is 0.985. The average Bonchev–Trinajstić information content (AvgIpc) is 3.15. The molecule has 4 heterocycles. The third-order valence-electron chi connectivity index (χ3n) is 3.30. The Morgan fingerprint density at radius 3 is 2.95 bits per heavy atom. The van der Waals surface area contributed by atoms with Gasteiger partial charge in [0.25, 0.3) is 0 Å². The second-order valence-electron chi connectivity index (χ2n) is 4.54. The van der Waals surface area contributed by atoms with Crippen LogP contribution in [-0.4, -0.2) is 31.3 Å². The molecule has 0 spiro atoms. The largest absolute Gasteiger partial charge is 0.308 e. The van der Waals surface area contributed by atoms with E-state index < -0.39 is 0 Å². The van der Waals surface area contributed by atoms with Crippen LogP contribution in [0, 0.1) is 0 Å². The first-order valence-corrected chi connectivity index (χ1v) is 7.09. The highest BCUT2D eigenvalue weighted by atomic mass is 32.1. The second-order valence-corrected chi connectivity index (χ2v) is 5.53. The van der Waals surface area contributed by atoms with Gasteiger partial charge in [-0.05, 0) is 31.5 Å². The van der Waals surface area contributed by atoms with Gasteiger partial charge in [0.2, 0.25) is 4.96 Å². The first-order valence-electron chi connectivity index (χ1n) is 6.28. The molecule has 1 N–H and O–H groups in total. The lowest BCUT2D eigenvalue weighted by molar-refractivity contribution is 0.630. The summed E-state index contributed by atoms with van der Waals surface area (Å²) < 4.78 is 1.83. The van der Waals surface area contributed by atoms with E-state index in [9.17, 15) is 0 Å². The summed E-state index contributed by atoms with van der Waals surface area (Å²) in [4.78, 5) is 4.86. The van der Waals surface area contributed by atoms with Crippen LogP contribution in [0.15, 0.2) is 24.5 Å². The van der Waals surface area contributed by atoms with Crippen molar-refractivity contribution in [1.29, 1.82) is 0 Å². The normalized spacial score (nSPS) is 19.3. The van der Waals surface area contributed by atoms with Gasteiger partial charge in [0, 0.05) is 18.0 Å². The zero-order valence-corrected chi connectivity index (χ0v) is 11.0. The van der Waals surface area contributed by atoms with Crippen molar-refractivity contribution < 1.29 is 0 Å². The van der Waals surface area contributed by atoms with Gasteiger partial charge in [-0.1, -0.05) is 11.3 Å². The summed E-state index contributed by atoms with van der Waals surface area (Å²) in [5.74, 6) is 0.776. The Labute approximate surface area is 113 Å². The van der Waals surface area contributed by atoms with Gasteiger partial charge >= 0.3 is 0 Å². The highest BCUT2D eigenvalue weighted by Crippen LogP contribution is 2.28. The molecule has 0 saturated carbocycles. The minimum absolute atomic E-state index is 0.372. The molecule has 6 nitrogen and oxygen atoms in total. The molecule has 1 aliphatic heterocycles. The van der Waals surface area contributed by atoms with Crippen molar-refractivity contribution >= 4 is 16.3 Å². The summed E-state index contributed by atoms with van der Waals surface area (Å²) in [6, 6.07) is 4.21. The summed E-state index contributed by atoms with van der Waals surface area (Å²) in [6.07, 6.45) is 5.86. The molecule has 1 saturated heterocycles. The molecule has 1 atom stereocenters. The van der Waals surface area contributed by atoms with Crippen molar-refractivity contribution in [2.24, 2.45) is 0 Å². The van der Waals surface area contributed by atoms with Crippen LogP contribution >= 0.6 is 11.3 Å². The predicted molar refractivity (Wildman–Crippen MR) is 71.9 cm³/mol. The second kappa shape index (κ2) is 4.36. The molecule has 3 aromatic heterocycles. The molecule has 1 aliphatic rings. The molecule has 96 valence electrons. The Kier molecular flexibility index (Phi) is 2.52. The highest BCUT2D eigenvalue weighted by molar-refractivity contribution is 7.16. The molecule has 0 bridgehead atoms. The maximum Gasteiger partial charge on any atom is 0.235 e. The molecule has 0 amide bonds. The van der Waals surface area contributed by atoms with Crippen molar-refractivity contribution in [1.82, 2.24) is 30.1 Å². The van der Waals surface area contributed by atoms with E-state index in [-0.39, 0.29) is 0 Å². The zero-order chi connectivity index (χ0) is 12.7. The molecular formula is C12H12N6S. The Bertz CT molecular complexity index is 697. The molecule has 19 heavy (non-hydrogen) atoms. The Morgan fingerprint density at radius 1 is 1.26 bits per heavy atom. The first kappa shape index (κ1) is 11.0. The van der Waals surface area contributed by atoms with Crippen molar-refractivity contribution in [2.45, 2.75) is 18.9 Å². The van der Waals surface area contributed by atoms with E-state index in [1.807, 2.05) is 16.6 Å². The number of pyridine rings is 1. The number of hydrogen-bond donors (Lipinski definition) is 1. The molecular weight excluding hydrogens is 260 g/mol. The van der Waals surface area contributed by atoms with E-state index in [0.717, 1.165) is 34.3 Å². The lowest BCUT2D eigenvalue weighted by atomic mass is 10.2. The van der Waals surface area contributed by atoms with Crippen LogP contribution in [0.25, 0.3) is 16.3 Å². The van der Waals surface area contributed by atoms with Crippen LogP contribution in [0.3, 0.4) is 0 Å². The monoisotopic (exact) mass is 272 g/mol. The summed E-state index contributed by atoms with van der Waals surface area (Å²) in [6.45, 7) is 1.07. The smallest absolute Gasteiger partial charge is 0.235 e. The van der Waals surface area contributed by atoms with E-state index in [1.165, 1.54) is 6.42 Å². The van der Waals surface area contributed by atoms with Crippen LogP contribution < -0.4 is 5.32 Å². The first-order chi connectivity index (χ1) is 9.42. The minimum Gasteiger partial charge on any atom is -0.308 e. The molecule has 7 heteroatoms. The van der Waals surface area contributed by atoms with Gasteiger partial charge in [0.05, 0.1) is 6.04 Å². The van der Waals surface area contributed by atoms with Gasteiger partial charge in [0.1, 0.15) is 5.01 Å². The van der Waals surface area contributed by atoms with E-state index in [1.54, 1.807) is 23.7 Å². The maximum atomic E-state index is 4.66. The van der Waals surface area contributed by atoms with Crippen molar-refractivity contribution in [3.05, 3.63) is 29.5 Å². The Hall–Kier alpha value is -1.86. The standard InChI is InChI=1S/C12H12N6S/c1-2-9(14-5-1)11-17-18-10(15-16-12(18)19-11)8-3-6-13-7-4-8/h3-4,6-7,9,14H,1-2,5H2. The fourth-order valence-electron chi connectivity index (χ4n) is 2.35. The van der Waals surface area contributed by atoms with E-state index in [0.29, 0.717) is 6.04 Å². The van der Waals surface area contributed by atoms with Gasteiger partial charge < -0.3 is 5.32 Å². The topological polar surface area (TPSA) is 68.0 Å². The van der Waals surface area contributed by atoms with Gasteiger partial charge in [-0.3, -0.25) is 4.98 Å². The summed E-state index contributed by atoms with van der Waals surface area (Å²) in [7, 11) is 0.